The summed E-state index contributed by atoms with van der Waals surface area (Å²) in [6.07, 6.45) is 0.168. The molecule has 2 aromatic rings. The summed E-state index contributed by atoms with van der Waals surface area (Å²) in [7, 11) is 0. The van der Waals surface area contributed by atoms with E-state index in [4.69, 9.17) is 5.26 Å². The fourth-order valence-corrected chi connectivity index (χ4v) is 2.21. The first-order valence-electron chi connectivity index (χ1n) is 5.86. The standard InChI is InChI=1S/C15H11BrN2O2/c16-13-7-11(9-17)4-5-14(13)18-15(20)8-10-2-1-3-12(19)6-10/h1-7,19H,8H2,(H,18,20). The molecule has 1 amide bonds. The molecule has 100 valence electrons. The monoisotopic (exact) mass is 330 g/mol. The van der Waals surface area contributed by atoms with Gasteiger partial charge >= 0.3 is 0 Å². The van der Waals surface area contributed by atoms with E-state index >= 15 is 0 Å². The third kappa shape index (κ3) is 3.59. The SMILES string of the molecule is N#Cc1ccc(NC(=O)Cc2cccc(O)c2)c(Br)c1. The van der Waals surface area contributed by atoms with Crippen molar-refractivity contribution >= 4 is 27.5 Å². The molecule has 0 bridgehead atoms. The maximum absolute atomic E-state index is 11.9. The number of nitrogens with zero attached hydrogens (tertiary/aromatic N) is 1. The van der Waals surface area contributed by atoms with Crippen LogP contribution in [0.5, 0.6) is 5.75 Å². The zero-order chi connectivity index (χ0) is 14.5. The van der Waals surface area contributed by atoms with Crippen molar-refractivity contribution in [2.75, 3.05) is 5.32 Å². The van der Waals surface area contributed by atoms with Crippen LogP contribution >= 0.6 is 15.9 Å². The number of hydrogen-bond donors (Lipinski definition) is 2. The molecule has 2 aromatic carbocycles. The van der Waals surface area contributed by atoms with Gasteiger partial charge in [0.25, 0.3) is 0 Å². The molecule has 5 heteroatoms. The highest BCUT2D eigenvalue weighted by Crippen LogP contribution is 2.23. The molecular weight excluding hydrogens is 320 g/mol. The molecule has 0 fully saturated rings. The van der Waals surface area contributed by atoms with Gasteiger partial charge in [-0.2, -0.15) is 5.26 Å². The minimum atomic E-state index is -0.194. The van der Waals surface area contributed by atoms with E-state index in [0.717, 1.165) is 5.56 Å². The van der Waals surface area contributed by atoms with Crippen LogP contribution in [-0.2, 0) is 11.2 Å². The van der Waals surface area contributed by atoms with Crippen LogP contribution in [0.25, 0.3) is 0 Å². The van der Waals surface area contributed by atoms with E-state index in [0.29, 0.717) is 15.7 Å². The van der Waals surface area contributed by atoms with Crippen LogP contribution in [0.4, 0.5) is 5.69 Å². The molecule has 20 heavy (non-hydrogen) atoms. The number of aromatic hydroxyl groups is 1. The lowest BCUT2D eigenvalue weighted by Gasteiger charge is -2.08. The third-order valence-corrected chi connectivity index (χ3v) is 3.30. The first kappa shape index (κ1) is 14.1. The molecule has 0 spiro atoms. The lowest BCUT2D eigenvalue weighted by atomic mass is 10.1. The quantitative estimate of drug-likeness (QED) is 0.907. The first-order chi connectivity index (χ1) is 9.58. The molecule has 0 unspecified atom stereocenters. The maximum Gasteiger partial charge on any atom is 0.228 e. The van der Waals surface area contributed by atoms with E-state index in [-0.39, 0.29) is 18.1 Å². The van der Waals surface area contributed by atoms with Crippen molar-refractivity contribution in [3.05, 3.63) is 58.1 Å². The van der Waals surface area contributed by atoms with E-state index < -0.39 is 0 Å². The van der Waals surface area contributed by atoms with Crippen LogP contribution in [0.15, 0.2) is 46.9 Å². The second-order valence-corrected chi connectivity index (χ2v) is 5.06. The Kier molecular flexibility index (Phi) is 4.38. The van der Waals surface area contributed by atoms with Crippen molar-refractivity contribution < 1.29 is 9.90 Å². The van der Waals surface area contributed by atoms with Gasteiger partial charge in [0.1, 0.15) is 5.75 Å². The number of nitrogens with one attached hydrogen (secondary N) is 1. The van der Waals surface area contributed by atoms with Gasteiger partial charge in [0.15, 0.2) is 0 Å². The van der Waals surface area contributed by atoms with Crippen molar-refractivity contribution in [1.82, 2.24) is 0 Å². The Morgan fingerprint density at radius 2 is 2.10 bits per heavy atom. The van der Waals surface area contributed by atoms with Gasteiger partial charge in [0.05, 0.1) is 23.7 Å². The lowest BCUT2D eigenvalue weighted by Crippen LogP contribution is -2.14. The molecular formula is C15H11BrN2O2. The molecule has 0 aliphatic heterocycles. The molecule has 0 aliphatic carbocycles. The molecule has 0 aromatic heterocycles. The summed E-state index contributed by atoms with van der Waals surface area (Å²) >= 11 is 3.31. The molecule has 0 radical (unpaired) electrons. The number of nitriles is 1. The zero-order valence-corrected chi connectivity index (χ0v) is 12.0. The summed E-state index contributed by atoms with van der Waals surface area (Å²) < 4.78 is 0.654. The summed E-state index contributed by atoms with van der Waals surface area (Å²) in [6, 6.07) is 13.5. The largest absolute Gasteiger partial charge is 0.508 e. The number of phenolic OH excluding ortho intramolecular Hbond substituents is 1. The predicted molar refractivity (Wildman–Crippen MR) is 79.3 cm³/mol. The number of amides is 1. The van der Waals surface area contributed by atoms with E-state index in [9.17, 15) is 9.90 Å². The highest BCUT2D eigenvalue weighted by molar-refractivity contribution is 9.10. The number of phenols is 1. The summed E-state index contributed by atoms with van der Waals surface area (Å²) in [5.41, 5.74) is 1.85. The average Bonchev–Trinajstić information content (AvgIpc) is 2.41. The molecule has 2 N–H and O–H groups in total. The summed E-state index contributed by atoms with van der Waals surface area (Å²) in [6.45, 7) is 0. The average molecular weight is 331 g/mol. The van der Waals surface area contributed by atoms with Gasteiger partial charge in [-0.05, 0) is 51.8 Å². The Morgan fingerprint density at radius 3 is 2.75 bits per heavy atom. The summed E-state index contributed by atoms with van der Waals surface area (Å²) in [5.74, 6) is -0.0594. The van der Waals surface area contributed by atoms with Gasteiger partial charge in [0.2, 0.25) is 5.91 Å². The van der Waals surface area contributed by atoms with Crippen LogP contribution in [0.2, 0.25) is 0 Å². The Morgan fingerprint density at radius 1 is 1.30 bits per heavy atom. The second-order valence-electron chi connectivity index (χ2n) is 4.20. The normalized spacial score (nSPS) is 9.80. The van der Waals surface area contributed by atoms with Crippen LogP contribution in [0, 0.1) is 11.3 Å². The Balaban J connectivity index is 2.07. The van der Waals surface area contributed by atoms with Crippen molar-refractivity contribution in [2.24, 2.45) is 0 Å². The number of carbonyl (C=O) groups excluding carboxylic acids is 1. The van der Waals surface area contributed by atoms with E-state index in [1.54, 1.807) is 42.5 Å². The van der Waals surface area contributed by atoms with Crippen LogP contribution in [-0.4, -0.2) is 11.0 Å². The molecule has 0 aliphatic rings. The predicted octanol–water partition coefficient (Wildman–Crippen LogP) is 3.21. The summed E-state index contributed by atoms with van der Waals surface area (Å²) in [4.78, 5) is 11.9. The Labute approximate surface area is 124 Å². The minimum Gasteiger partial charge on any atom is -0.508 e. The minimum absolute atomic E-state index is 0.134. The fourth-order valence-electron chi connectivity index (χ4n) is 1.73. The van der Waals surface area contributed by atoms with E-state index in [1.807, 2.05) is 6.07 Å². The van der Waals surface area contributed by atoms with Crippen molar-refractivity contribution in [1.29, 1.82) is 5.26 Å². The molecule has 0 saturated carbocycles. The van der Waals surface area contributed by atoms with Gasteiger partial charge in [0, 0.05) is 4.47 Å². The van der Waals surface area contributed by atoms with Crippen molar-refractivity contribution in [3.8, 4) is 11.8 Å². The highest BCUT2D eigenvalue weighted by atomic mass is 79.9. The topological polar surface area (TPSA) is 73.1 Å². The van der Waals surface area contributed by atoms with E-state index in [1.165, 1.54) is 0 Å². The van der Waals surface area contributed by atoms with Crippen LogP contribution in [0.3, 0.4) is 0 Å². The van der Waals surface area contributed by atoms with Crippen LogP contribution < -0.4 is 5.32 Å². The number of hydrogen-bond acceptors (Lipinski definition) is 3. The van der Waals surface area contributed by atoms with Crippen molar-refractivity contribution in [2.45, 2.75) is 6.42 Å². The highest BCUT2D eigenvalue weighted by Gasteiger charge is 2.07. The Bertz CT molecular complexity index is 693. The van der Waals surface area contributed by atoms with Gasteiger partial charge in [-0.1, -0.05) is 12.1 Å². The van der Waals surface area contributed by atoms with Gasteiger partial charge in [-0.3, -0.25) is 4.79 Å². The lowest BCUT2D eigenvalue weighted by molar-refractivity contribution is -0.115. The number of halogens is 1. The molecule has 0 heterocycles. The molecule has 2 rings (SSSR count). The molecule has 4 nitrogen and oxygen atoms in total. The van der Waals surface area contributed by atoms with Gasteiger partial charge in [-0.25, -0.2) is 0 Å². The van der Waals surface area contributed by atoms with Gasteiger partial charge < -0.3 is 10.4 Å². The van der Waals surface area contributed by atoms with Gasteiger partial charge in [-0.15, -0.1) is 0 Å². The second kappa shape index (κ2) is 6.22. The molecule has 0 saturated heterocycles. The smallest absolute Gasteiger partial charge is 0.228 e. The molecule has 0 atom stereocenters. The van der Waals surface area contributed by atoms with E-state index in [2.05, 4.69) is 21.2 Å². The zero-order valence-electron chi connectivity index (χ0n) is 10.4. The first-order valence-corrected chi connectivity index (χ1v) is 6.65. The number of carbonyl (C=O) groups is 1. The number of anilines is 1. The maximum atomic E-state index is 11.9. The summed E-state index contributed by atoms with van der Waals surface area (Å²) in [5, 5.41) is 20.9. The van der Waals surface area contributed by atoms with Crippen LogP contribution in [0.1, 0.15) is 11.1 Å². The number of benzene rings is 2. The Hall–Kier alpha value is -2.32. The fraction of sp³-hybridized carbons (Fsp3) is 0.0667. The van der Waals surface area contributed by atoms with Crippen molar-refractivity contribution in [3.63, 3.8) is 0 Å². The number of rotatable bonds is 3. The third-order valence-electron chi connectivity index (χ3n) is 2.65.